The maximum absolute atomic E-state index is 11.5. The Bertz CT molecular complexity index is 267. The fourth-order valence-corrected chi connectivity index (χ4v) is 3.22. The highest BCUT2D eigenvalue weighted by atomic mass is 16.1. The first-order valence-electron chi connectivity index (χ1n) is 6.83. The fourth-order valence-electron chi connectivity index (χ4n) is 3.22. The minimum absolute atomic E-state index is 0.487. The van der Waals surface area contributed by atoms with Crippen LogP contribution in [0.15, 0.2) is 0 Å². The number of Topliss-reactive ketones (excluding diaryl/α,β-unsaturated/α-hetero) is 1. The molecule has 0 amide bonds. The van der Waals surface area contributed by atoms with Crippen LogP contribution in [-0.2, 0) is 4.79 Å². The number of ketones is 1. The van der Waals surface area contributed by atoms with Crippen LogP contribution in [0.5, 0.6) is 0 Å². The summed E-state index contributed by atoms with van der Waals surface area (Å²) in [5, 5.41) is 0. The summed E-state index contributed by atoms with van der Waals surface area (Å²) in [6.45, 7) is 4.84. The first kappa shape index (κ1) is 10.7. The van der Waals surface area contributed by atoms with Crippen LogP contribution in [-0.4, -0.2) is 53.8 Å². The van der Waals surface area contributed by atoms with E-state index in [0.29, 0.717) is 11.8 Å². The zero-order valence-corrected chi connectivity index (χ0v) is 10.0. The lowest BCUT2D eigenvalue weighted by Gasteiger charge is -2.40. The molecule has 3 fully saturated rings. The Hall–Kier alpha value is -0.410. The predicted molar refractivity (Wildman–Crippen MR) is 63.4 cm³/mol. The van der Waals surface area contributed by atoms with Crippen LogP contribution in [0.3, 0.4) is 0 Å². The molecular formula is C13H22N2O. The maximum atomic E-state index is 11.5. The number of hydrogen-bond acceptors (Lipinski definition) is 3. The van der Waals surface area contributed by atoms with E-state index in [1.807, 2.05) is 0 Å². The molecule has 0 aromatic heterocycles. The van der Waals surface area contributed by atoms with Crippen molar-refractivity contribution in [3.63, 3.8) is 0 Å². The van der Waals surface area contributed by atoms with Crippen molar-refractivity contribution in [1.29, 1.82) is 0 Å². The molecule has 1 aliphatic heterocycles. The van der Waals surface area contributed by atoms with E-state index in [-0.39, 0.29) is 0 Å². The lowest BCUT2D eigenvalue weighted by atomic mass is 9.92. The second-order valence-corrected chi connectivity index (χ2v) is 5.59. The summed E-state index contributed by atoms with van der Waals surface area (Å²) in [7, 11) is 0. The van der Waals surface area contributed by atoms with Crippen LogP contribution in [0.4, 0.5) is 0 Å². The quantitative estimate of drug-likeness (QED) is 0.703. The number of nitrogens with zero attached hydrogens (tertiary/aromatic N) is 2. The van der Waals surface area contributed by atoms with Gasteiger partial charge in [-0.2, -0.15) is 0 Å². The maximum Gasteiger partial charge on any atom is 0.134 e. The predicted octanol–water partition coefficient (Wildman–Crippen LogP) is 1.28. The molecular weight excluding hydrogens is 200 g/mol. The van der Waals surface area contributed by atoms with Crippen molar-refractivity contribution >= 4 is 5.78 Å². The monoisotopic (exact) mass is 222 g/mol. The molecule has 3 heteroatoms. The molecule has 90 valence electrons. The third-order valence-electron chi connectivity index (χ3n) is 4.38. The van der Waals surface area contributed by atoms with Crippen LogP contribution in [0.1, 0.15) is 38.5 Å². The molecule has 0 aromatic rings. The van der Waals surface area contributed by atoms with E-state index < -0.39 is 0 Å². The first-order valence-corrected chi connectivity index (χ1v) is 6.83. The molecule has 2 aliphatic carbocycles. The van der Waals surface area contributed by atoms with Crippen molar-refractivity contribution in [3.05, 3.63) is 0 Å². The molecule has 0 N–H and O–H groups in total. The van der Waals surface area contributed by atoms with Crippen molar-refractivity contribution < 1.29 is 4.79 Å². The van der Waals surface area contributed by atoms with Crippen LogP contribution < -0.4 is 0 Å². The van der Waals surface area contributed by atoms with Crippen molar-refractivity contribution in [1.82, 2.24) is 9.80 Å². The zero-order chi connectivity index (χ0) is 11.0. The highest BCUT2D eigenvalue weighted by Crippen LogP contribution is 2.29. The average molecular weight is 222 g/mol. The zero-order valence-electron chi connectivity index (χ0n) is 10.0. The van der Waals surface area contributed by atoms with Gasteiger partial charge in [0.1, 0.15) is 5.78 Å². The second kappa shape index (κ2) is 4.46. The van der Waals surface area contributed by atoms with E-state index in [4.69, 9.17) is 0 Å². The summed E-state index contributed by atoms with van der Waals surface area (Å²) in [6, 6.07) is 1.48. The van der Waals surface area contributed by atoms with E-state index >= 15 is 0 Å². The van der Waals surface area contributed by atoms with Crippen LogP contribution in [0, 0.1) is 0 Å². The van der Waals surface area contributed by atoms with Gasteiger partial charge in [-0.15, -0.1) is 0 Å². The molecule has 3 aliphatic rings. The Morgan fingerprint density at radius 3 is 2.06 bits per heavy atom. The molecule has 0 aromatic carbocycles. The minimum atomic E-state index is 0.487. The largest absolute Gasteiger partial charge is 0.300 e. The summed E-state index contributed by atoms with van der Waals surface area (Å²) in [4.78, 5) is 16.7. The molecule has 1 heterocycles. The van der Waals surface area contributed by atoms with Gasteiger partial charge >= 0.3 is 0 Å². The number of piperazine rings is 1. The van der Waals surface area contributed by atoms with Gasteiger partial charge in [-0.25, -0.2) is 0 Å². The van der Waals surface area contributed by atoms with Crippen LogP contribution in [0.25, 0.3) is 0 Å². The Morgan fingerprint density at radius 2 is 1.50 bits per heavy atom. The molecule has 3 rings (SSSR count). The summed E-state index contributed by atoms with van der Waals surface area (Å²) in [5.74, 6) is 0.487. The third-order valence-corrected chi connectivity index (χ3v) is 4.38. The molecule has 2 saturated carbocycles. The summed E-state index contributed by atoms with van der Waals surface area (Å²) >= 11 is 0. The van der Waals surface area contributed by atoms with Gasteiger partial charge in [-0.05, 0) is 25.7 Å². The second-order valence-electron chi connectivity index (χ2n) is 5.59. The van der Waals surface area contributed by atoms with Crippen molar-refractivity contribution in [3.8, 4) is 0 Å². The third kappa shape index (κ3) is 2.30. The SMILES string of the molecule is O=C1CCCC(N2CCN(C3CC3)CC2)C1. The number of hydrogen-bond donors (Lipinski definition) is 0. The van der Waals surface area contributed by atoms with Gasteiger partial charge < -0.3 is 0 Å². The Labute approximate surface area is 97.8 Å². The highest BCUT2D eigenvalue weighted by Gasteiger charge is 2.33. The van der Waals surface area contributed by atoms with Gasteiger partial charge in [0.2, 0.25) is 0 Å². The molecule has 0 bridgehead atoms. The van der Waals surface area contributed by atoms with Gasteiger partial charge in [0.15, 0.2) is 0 Å². The standard InChI is InChI=1S/C13H22N2O/c16-13-3-1-2-12(10-13)15-8-6-14(7-9-15)11-4-5-11/h11-12H,1-10H2. The van der Waals surface area contributed by atoms with Gasteiger partial charge in [-0.1, -0.05) is 0 Å². The molecule has 16 heavy (non-hydrogen) atoms. The lowest BCUT2D eigenvalue weighted by Crippen LogP contribution is -2.51. The van der Waals surface area contributed by atoms with Crippen LogP contribution >= 0.6 is 0 Å². The van der Waals surface area contributed by atoms with Gasteiger partial charge in [-0.3, -0.25) is 14.6 Å². The van der Waals surface area contributed by atoms with Gasteiger partial charge in [0, 0.05) is 51.1 Å². The van der Waals surface area contributed by atoms with Crippen molar-refractivity contribution in [2.75, 3.05) is 26.2 Å². The van der Waals surface area contributed by atoms with E-state index in [1.54, 1.807) is 0 Å². The smallest absolute Gasteiger partial charge is 0.134 e. The van der Waals surface area contributed by atoms with Crippen molar-refractivity contribution in [2.45, 2.75) is 50.6 Å². The lowest BCUT2D eigenvalue weighted by molar-refractivity contribution is -0.122. The Kier molecular flexibility index (Phi) is 2.99. The summed E-state index contributed by atoms with van der Waals surface area (Å²) in [5.41, 5.74) is 0. The minimum Gasteiger partial charge on any atom is -0.300 e. The molecule has 0 spiro atoms. The van der Waals surface area contributed by atoms with Crippen LogP contribution in [0.2, 0.25) is 0 Å². The van der Waals surface area contributed by atoms with E-state index in [1.165, 1.54) is 45.4 Å². The van der Waals surface area contributed by atoms with Crippen molar-refractivity contribution in [2.24, 2.45) is 0 Å². The molecule has 3 nitrogen and oxygen atoms in total. The van der Waals surface area contributed by atoms with Gasteiger partial charge in [0.25, 0.3) is 0 Å². The Morgan fingerprint density at radius 1 is 0.875 bits per heavy atom. The molecule has 1 atom stereocenters. The molecule has 1 saturated heterocycles. The first-order chi connectivity index (χ1) is 7.83. The highest BCUT2D eigenvalue weighted by molar-refractivity contribution is 5.79. The summed E-state index contributed by atoms with van der Waals surface area (Å²) < 4.78 is 0. The number of carbonyl (C=O) groups excluding carboxylic acids is 1. The van der Waals surface area contributed by atoms with E-state index in [2.05, 4.69) is 9.80 Å². The fraction of sp³-hybridized carbons (Fsp3) is 0.923. The number of rotatable bonds is 2. The van der Waals surface area contributed by atoms with E-state index in [9.17, 15) is 4.79 Å². The Balaban J connectivity index is 1.50. The van der Waals surface area contributed by atoms with Gasteiger partial charge in [0.05, 0.1) is 0 Å². The molecule has 1 unspecified atom stereocenters. The number of carbonyl (C=O) groups is 1. The summed E-state index contributed by atoms with van der Waals surface area (Å²) in [6.07, 6.45) is 6.85. The topological polar surface area (TPSA) is 23.6 Å². The molecule has 0 radical (unpaired) electrons. The van der Waals surface area contributed by atoms with E-state index in [0.717, 1.165) is 25.3 Å². The average Bonchev–Trinajstić information content (AvgIpc) is 3.13. The normalized spacial score (nSPS) is 34.2.